The lowest BCUT2D eigenvalue weighted by molar-refractivity contribution is -0.123. The highest BCUT2D eigenvalue weighted by Gasteiger charge is 2.00. The van der Waals surface area contributed by atoms with Crippen LogP contribution in [0.4, 0.5) is 0 Å². The van der Waals surface area contributed by atoms with Gasteiger partial charge in [0.1, 0.15) is 5.76 Å². The van der Waals surface area contributed by atoms with Crippen LogP contribution in [0.5, 0.6) is 0 Å². The largest absolute Gasteiger partial charge is 0.465 e. The van der Waals surface area contributed by atoms with Crippen molar-refractivity contribution in [2.45, 2.75) is 6.92 Å². The van der Waals surface area contributed by atoms with E-state index in [1.807, 2.05) is 6.92 Å². The minimum atomic E-state index is -0.331. The molecule has 0 aliphatic rings. The Balaban J connectivity index is 2.28. The number of hydrogen-bond acceptors (Lipinski definition) is 3. The minimum absolute atomic E-state index is 0.0187. The van der Waals surface area contributed by atoms with Gasteiger partial charge >= 0.3 is 0 Å². The first-order chi connectivity index (χ1) is 7.72. The van der Waals surface area contributed by atoms with Gasteiger partial charge in [0.05, 0.1) is 12.8 Å². The summed E-state index contributed by atoms with van der Waals surface area (Å²) >= 11 is 0. The number of amides is 2. The molecule has 16 heavy (non-hydrogen) atoms. The highest BCUT2D eigenvalue weighted by Crippen LogP contribution is 2.01. The topological polar surface area (TPSA) is 71.3 Å². The molecule has 0 aliphatic heterocycles. The molecule has 86 valence electrons. The van der Waals surface area contributed by atoms with Crippen molar-refractivity contribution in [2.75, 3.05) is 13.1 Å². The average molecular weight is 222 g/mol. The maximum atomic E-state index is 11.2. The van der Waals surface area contributed by atoms with Crippen molar-refractivity contribution in [3.63, 3.8) is 0 Å². The third-order valence-electron chi connectivity index (χ3n) is 1.74. The van der Waals surface area contributed by atoms with Gasteiger partial charge in [-0.05, 0) is 25.1 Å². The van der Waals surface area contributed by atoms with E-state index in [1.165, 1.54) is 18.4 Å². The molecule has 0 radical (unpaired) electrons. The van der Waals surface area contributed by atoms with E-state index in [9.17, 15) is 9.59 Å². The zero-order valence-electron chi connectivity index (χ0n) is 9.03. The first kappa shape index (κ1) is 12.0. The maximum Gasteiger partial charge on any atom is 0.244 e. The smallest absolute Gasteiger partial charge is 0.244 e. The summed E-state index contributed by atoms with van der Waals surface area (Å²) in [6.45, 7) is 2.35. The van der Waals surface area contributed by atoms with E-state index in [1.54, 1.807) is 12.1 Å². The molecular weight excluding hydrogens is 208 g/mol. The molecule has 2 N–H and O–H groups in total. The van der Waals surface area contributed by atoms with Crippen molar-refractivity contribution in [1.29, 1.82) is 0 Å². The number of carbonyl (C=O) groups is 2. The highest BCUT2D eigenvalue weighted by molar-refractivity contribution is 5.93. The zero-order valence-corrected chi connectivity index (χ0v) is 9.03. The van der Waals surface area contributed by atoms with Crippen LogP contribution >= 0.6 is 0 Å². The lowest BCUT2D eigenvalue weighted by Crippen LogP contribution is -2.35. The summed E-state index contributed by atoms with van der Waals surface area (Å²) in [5.41, 5.74) is 0. The molecule has 1 aromatic rings. The van der Waals surface area contributed by atoms with Gasteiger partial charge in [-0.3, -0.25) is 9.59 Å². The van der Waals surface area contributed by atoms with Gasteiger partial charge in [0, 0.05) is 12.6 Å². The van der Waals surface area contributed by atoms with Gasteiger partial charge in [-0.15, -0.1) is 0 Å². The first-order valence-electron chi connectivity index (χ1n) is 4.98. The number of rotatable bonds is 5. The van der Waals surface area contributed by atoms with Gasteiger partial charge in [-0.1, -0.05) is 0 Å². The molecule has 1 rings (SSSR count). The van der Waals surface area contributed by atoms with Crippen LogP contribution in [-0.2, 0) is 9.59 Å². The second-order valence-corrected chi connectivity index (χ2v) is 3.02. The van der Waals surface area contributed by atoms with Crippen LogP contribution in [0.15, 0.2) is 28.9 Å². The molecule has 0 atom stereocenters. The molecule has 1 heterocycles. The van der Waals surface area contributed by atoms with Gasteiger partial charge in [0.2, 0.25) is 11.8 Å². The van der Waals surface area contributed by atoms with Gasteiger partial charge in [0.25, 0.3) is 0 Å². The summed E-state index contributed by atoms with van der Waals surface area (Å²) < 4.78 is 5.00. The predicted octanol–water partition coefficient (Wildman–Crippen LogP) is 0.545. The van der Waals surface area contributed by atoms with Crippen LogP contribution in [0.1, 0.15) is 12.7 Å². The standard InChI is InChI=1S/C11H14N2O3/c1-2-12-11(15)8-13-10(14)6-5-9-4-3-7-16-9/h3-7H,2,8H2,1H3,(H,12,15)(H,13,14)/b6-5-. The van der Waals surface area contributed by atoms with Crippen molar-refractivity contribution in [3.8, 4) is 0 Å². The number of hydrogen-bond donors (Lipinski definition) is 2. The summed E-state index contributed by atoms with van der Waals surface area (Å²) in [5, 5.41) is 5.02. The molecule has 5 heteroatoms. The van der Waals surface area contributed by atoms with E-state index in [0.717, 1.165) is 0 Å². The van der Waals surface area contributed by atoms with Crippen LogP contribution in [0.2, 0.25) is 0 Å². The van der Waals surface area contributed by atoms with E-state index in [2.05, 4.69) is 10.6 Å². The Morgan fingerprint density at radius 3 is 2.88 bits per heavy atom. The molecule has 5 nitrogen and oxygen atoms in total. The van der Waals surface area contributed by atoms with E-state index in [-0.39, 0.29) is 18.4 Å². The zero-order chi connectivity index (χ0) is 11.8. The van der Waals surface area contributed by atoms with E-state index >= 15 is 0 Å². The third kappa shape index (κ3) is 4.45. The molecular formula is C11H14N2O3. The van der Waals surface area contributed by atoms with Crippen molar-refractivity contribution >= 4 is 17.9 Å². The fourth-order valence-corrected chi connectivity index (χ4v) is 1.03. The average Bonchev–Trinajstić information content (AvgIpc) is 2.77. The quantitative estimate of drug-likeness (QED) is 0.714. The number of carbonyl (C=O) groups excluding carboxylic acids is 2. The normalized spacial score (nSPS) is 10.3. The fourth-order valence-electron chi connectivity index (χ4n) is 1.03. The van der Waals surface area contributed by atoms with Crippen LogP contribution in [0.25, 0.3) is 6.08 Å². The van der Waals surface area contributed by atoms with Crippen molar-refractivity contribution in [2.24, 2.45) is 0 Å². The molecule has 0 spiro atoms. The Kier molecular flexibility index (Phi) is 4.85. The maximum absolute atomic E-state index is 11.2. The third-order valence-corrected chi connectivity index (χ3v) is 1.74. The van der Waals surface area contributed by atoms with Crippen LogP contribution in [-0.4, -0.2) is 24.9 Å². The molecule has 0 aromatic carbocycles. The van der Waals surface area contributed by atoms with Crippen LogP contribution < -0.4 is 10.6 Å². The Labute approximate surface area is 93.5 Å². The summed E-state index contributed by atoms with van der Waals surface area (Å²) in [5.74, 6) is 0.0538. The second kappa shape index (κ2) is 6.44. The van der Waals surface area contributed by atoms with E-state index < -0.39 is 0 Å². The Morgan fingerprint density at radius 1 is 1.44 bits per heavy atom. The minimum Gasteiger partial charge on any atom is -0.465 e. The molecule has 0 aliphatic carbocycles. The van der Waals surface area contributed by atoms with Crippen LogP contribution in [0.3, 0.4) is 0 Å². The Hall–Kier alpha value is -2.04. The Bertz CT molecular complexity index is 369. The van der Waals surface area contributed by atoms with Gasteiger partial charge in [0.15, 0.2) is 0 Å². The summed E-state index contributed by atoms with van der Waals surface area (Å²) in [4.78, 5) is 22.2. The lowest BCUT2D eigenvalue weighted by atomic mass is 10.4. The van der Waals surface area contributed by atoms with Crippen molar-refractivity contribution in [1.82, 2.24) is 10.6 Å². The van der Waals surface area contributed by atoms with Gasteiger partial charge in [-0.25, -0.2) is 0 Å². The molecule has 1 aromatic heterocycles. The molecule has 0 fully saturated rings. The van der Waals surface area contributed by atoms with E-state index in [4.69, 9.17) is 4.42 Å². The molecule has 0 bridgehead atoms. The first-order valence-corrected chi connectivity index (χ1v) is 4.98. The molecule has 0 unspecified atom stereocenters. The lowest BCUT2D eigenvalue weighted by Gasteiger charge is -2.01. The van der Waals surface area contributed by atoms with Crippen LogP contribution in [0, 0.1) is 0 Å². The number of likely N-dealkylation sites (N-methyl/N-ethyl adjacent to an activating group) is 1. The number of nitrogens with one attached hydrogen (secondary N) is 2. The fraction of sp³-hybridized carbons (Fsp3) is 0.273. The number of furan rings is 1. The predicted molar refractivity (Wildman–Crippen MR) is 59.4 cm³/mol. The SMILES string of the molecule is CCNC(=O)CNC(=O)/C=C\c1ccco1. The van der Waals surface area contributed by atoms with Gasteiger partial charge in [-0.2, -0.15) is 0 Å². The molecule has 0 saturated carbocycles. The summed E-state index contributed by atoms with van der Waals surface area (Å²) in [6, 6.07) is 3.46. The highest BCUT2D eigenvalue weighted by atomic mass is 16.3. The Morgan fingerprint density at radius 2 is 2.25 bits per heavy atom. The van der Waals surface area contributed by atoms with E-state index in [0.29, 0.717) is 12.3 Å². The molecule has 0 saturated heterocycles. The van der Waals surface area contributed by atoms with Gasteiger partial charge < -0.3 is 15.1 Å². The van der Waals surface area contributed by atoms with Crippen molar-refractivity contribution in [3.05, 3.63) is 30.2 Å². The monoisotopic (exact) mass is 222 g/mol. The molecule has 2 amide bonds. The van der Waals surface area contributed by atoms with Crippen molar-refractivity contribution < 1.29 is 14.0 Å². The second-order valence-electron chi connectivity index (χ2n) is 3.02. The summed E-state index contributed by atoms with van der Waals surface area (Å²) in [6.07, 6.45) is 4.37. The summed E-state index contributed by atoms with van der Waals surface area (Å²) in [7, 11) is 0.